The minimum absolute atomic E-state index is 0.0439. The van der Waals surface area contributed by atoms with E-state index in [0.717, 1.165) is 10.9 Å². The SMILES string of the molecule is CC(C)(C)c1nc(Cn2cc(C(=O)C(F)(F)F)nn2)no1. The van der Waals surface area contributed by atoms with E-state index >= 15 is 0 Å². The molecule has 0 saturated carbocycles. The normalized spacial score (nSPS) is 12.7. The lowest BCUT2D eigenvalue weighted by molar-refractivity contribution is -0.0888. The Kier molecular flexibility index (Phi) is 3.56. The van der Waals surface area contributed by atoms with E-state index in [1.807, 2.05) is 20.8 Å². The third kappa shape index (κ3) is 3.44. The van der Waals surface area contributed by atoms with E-state index in [-0.39, 0.29) is 17.8 Å². The minimum Gasteiger partial charge on any atom is -0.339 e. The third-order valence-electron chi connectivity index (χ3n) is 2.44. The molecule has 2 heterocycles. The number of alkyl halides is 3. The summed E-state index contributed by atoms with van der Waals surface area (Å²) in [4.78, 5) is 15.1. The third-order valence-corrected chi connectivity index (χ3v) is 2.44. The van der Waals surface area contributed by atoms with Crippen molar-refractivity contribution in [3.8, 4) is 0 Å². The lowest BCUT2D eigenvalue weighted by Crippen LogP contribution is -2.23. The van der Waals surface area contributed by atoms with E-state index in [1.165, 1.54) is 0 Å². The summed E-state index contributed by atoms with van der Waals surface area (Å²) in [5.41, 5.74) is -1.12. The number of hydrogen-bond donors (Lipinski definition) is 0. The second kappa shape index (κ2) is 4.93. The smallest absolute Gasteiger partial charge is 0.339 e. The molecule has 0 unspecified atom stereocenters. The van der Waals surface area contributed by atoms with Crippen LogP contribution in [-0.2, 0) is 12.0 Å². The highest BCUT2D eigenvalue weighted by Crippen LogP contribution is 2.21. The molecule has 0 aliphatic carbocycles. The van der Waals surface area contributed by atoms with Gasteiger partial charge < -0.3 is 4.52 Å². The van der Waals surface area contributed by atoms with Gasteiger partial charge in [-0.2, -0.15) is 18.2 Å². The van der Waals surface area contributed by atoms with Gasteiger partial charge in [-0.25, -0.2) is 4.68 Å². The van der Waals surface area contributed by atoms with Crippen LogP contribution in [-0.4, -0.2) is 37.1 Å². The summed E-state index contributed by atoms with van der Waals surface area (Å²) in [6.45, 7) is 5.58. The van der Waals surface area contributed by atoms with Crippen LogP contribution in [0.5, 0.6) is 0 Å². The molecule has 114 valence electrons. The number of aromatic nitrogens is 5. The Morgan fingerprint density at radius 3 is 2.52 bits per heavy atom. The zero-order valence-corrected chi connectivity index (χ0v) is 11.5. The molecular formula is C11H12F3N5O2. The lowest BCUT2D eigenvalue weighted by Gasteiger charge is -2.10. The maximum absolute atomic E-state index is 12.2. The molecule has 0 bridgehead atoms. The Balaban J connectivity index is 2.13. The van der Waals surface area contributed by atoms with Crippen molar-refractivity contribution in [2.45, 2.75) is 38.9 Å². The number of rotatable bonds is 3. The average molecular weight is 303 g/mol. The molecular weight excluding hydrogens is 291 g/mol. The van der Waals surface area contributed by atoms with Crippen LogP contribution in [0.25, 0.3) is 0 Å². The van der Waals surface area contributed by atoms with Crippen molar-refractivity contribution >= 4 is 5.78 Å². The molecule has 0 fully saturated rings. The fraction of sp³-hybridized carbons (Fsp3) is 0.545. The molecule has 10 heteroatoms. The van der Waals surface area contributed by atoms with Gasteiger partial charge in [0.05, 0.1) is 6.20 Å². The van der Waals surface area contributed by atoms with Crippen molar-refractivity contribution in [3.63, 3.8) is 0 Å². The van der Waals surface area contributed by atoms with Gasteiger partial charge in [-0.05, 0) is 0 Å². The first-order chi connectivity index (χ1) is 9.57. The molecule has 2 aromatic heterocycles. The van der Waals surface area contributed by atoms with Crippen LogP contribution in [0, 0.1) is 0 Å². The van der Waals surface area contributed by atoms with E-state index in [0.29, 0.717) is 5.89 Å². The maximum atomic E-state index is 12.2. The minimum atomic E-state index is -4.98. The first-order valence-electron chi connectivity index (χ1n) is 5.92. The van der Waals surface area contributed by atoms with Crippen LogP contribution in [0.4, 0.5) is 13.2 Å². The Morgan fingerprint density at radius 1 is 1.33 bits per heavy atom. The van der Waals surface area contributed by atoms with Crippen molar-refractivity contribution in [3.05, 3.63) is 23.6 Å². The van der Waals surface area contributed by atoms with Gasteiger partial charge in [0.1, 0.15) is 6.54 Å². The fourth-order valence-corrected chi connectivity index (χ4v) is 1.39. The number of halogens is 3. The van der Waals surface area contributed by atoms with E-state index in [2.05, 4.69) is 20.5 Å². The fourth-order valence-electron chi connectivity index (χ4n) is 1.39. The quantitative estimate of drug-likeness (QED) is 0.803. The van der Waals surface area contributed by atoms with Crippen molar-refractivity contribution < 1.29 is 22.5 Å². The van der Waals surface area contributed by atoms with E-state index in [1.54, 1.807) is 0 Å². The van der Waals surface area contributed by atoms with Crippen molar-refractivity contribution in [1.82, 2.24) is 25.1 Å². The van der Waals surface area contributed by atoms with Gasteiger partial charge in [0.25, 0.3) is 5.78 Å². The van der Waals surface area contributed by atoms with Gasteiger partial charge in [-0.1, -0.05) is 31.1 Å². The Labute approximate surface area is 117 Å². The highest BCUT2D eigenvalue weighted by atomic mass is 19.4. The van der Waals surface area contributed by atoms with Gasteiger partial charge in [0.2, 0.25) is 5.89 Å². The van der Waals surface area contributed by atoms with Crippen LogP contribution in [0.3, 0.4) is 0 Å². The van der Waals surface area contributed by atoms with Crippen molar-refractivity contribution in [2.75, 3.05) is 0 Å². The van der Waals surface area contributed by atoms with Gasteiger partial charge >= 0.3 is 6.18 Å². The second-order valence-electron chi connectivity index (χ2n) is 5.39. The Bertz CT molecular complexity index is 653. The van der Waals surface area contributed by atoms with E-state index < -0.39 is 17.7 Å². The monoisotopic (exact) mass is 303 g/mol. The molecule has 21 heavy (non-hydrogen) atoms. The number of carbonyl (C=O) groups is 1. The predicted octanol–water partition coefficient (Wildman–Crippen LogP) is 1.75. The number of carbonyl (C=O) groups excluding carboxylic acids is 1. The summed E-state index contributed by atoms with van der Waals surface area (Å²) in [6.07, 6.45) is -4.09. The van der Waals surface area contributed by atoms with Gasteiger partial charge in [0.15, 0.2) is 11.5 Å². The van der Waals surface area contributed by atoms with Crippen molar-refractivity contribution in [1.29, 1.82) is 0 Å². The topological polar surface area (TPSA) is 86.7 Å². The number of ketones is 1. The van der Waals surface area contributed by atoms with Crippen LogP contribution in [0.1, 0.15) is 43.0 Å². The number of nitrogens with zero attached hydrogens (tertiary/aromatic N) is 5. The summed E-state index contributed by atoms with van der Waals surface area (Å²) in [6, 6.07) is 0. The van der Waals surface area contributed by atoms with E-state index in [9.17, 15) is 18.0 Å². The number of hydrogen-bond acceptors (Lipinski definition) is 6. The molecule has 2 rings (SSSR count). The standard InChI is InChI=1S/C11H12F3N5O2/c1-10(2,3)9-15-7(17-21-9)5-19-4-6(16-18-19)8(20)11(12,13)14/h4H,5H2,1-3H3. The summed E-state index contributed by atoms with van der Waals surface area (Å²) in [7, 11) is 0. The van der Waals surface area contributed by atoms with Crippen LogP contribution >= 0.6 is 0 Å². The molecule has 0 atom stereocenters. The largest absolute Gasteiger partial charge is 0.456 e. The molecule has 7 nitrogen and oxygen atoms in total. The molecule has 0 aliphatic rings. The Hall–Kier alpha value is -2.26. The summed E-state index contributed by atoms with van der Waals surface area (Å²) in [5.74, 6) is -1.42. The van der Waals surface area contributed by atoms with Crippen LogP contribution in [0.2, 0.25) is 0 Å². The highest BCUT2D eigenvalue weighted by Gasteiger charge is 2.41. The Morgan fingerprint density at radius 2 is 2.00 bits per heavy atom. The van der Waals surface area contributed by atoms with E-state index in [4.69, 9.17) is 4.52 Å². The predicted molar refractivity (Wildman–Crippen MR) is 62.5 cm³/mol. The average Bonchev–Trinajstić information content (AvgIpc) is 2.95. The molecule has 2 aromatic rings. The van der Waals surface area contributed by atoms with Gasteiger partial charge in [-0.3, -0.25) is 4.79 Å². The lowest BCUT2D eigenvalue weighted by atomic mass is 9.97. The molecule has 0 N–H and O–H groups in total. The van der Waals surface area contributed by atoms with Crippen molar-refractivity contribution in [2.24, 2.45) is 0 Å². The first-order valence-corrected chi connectivity index (χ1v) is 5.92. The van der Waals surface area contributed by atoms with Crippen LogP contribution in [0.15, 0.2) is 10.7 Å². The summed E-state index contributed by atoms with van der Waals surface area (Å²) >= 11 is 0. The second-order valence-corrected chi connectivity index (χ2v) is 5.39. The molecule has 0 saturated heterocycles. The van der Waals surface area contributed by atoms with Crippen LogP contribution < -0.4 is 0 Å². The summed E-state index contributed by atoms with van der Waals surface area (Å²) < 4.78 is 42.8. The zero-order valence-electron chi connectivity index (χ0n) is 11.5. The molecule has 0 spiro atoms. The van der Waals surface area contributed by atoms with Gasteiger partial charge in [0, 0.05) is 5.41 Å². The maximum Gasteiger partial charge on any atom is 0.456 e. The molecule has 0 amide bonds. The van der Waals surface area contributed by atoms with Gasteiger partial charge in [-0.15, -0.1) is 5.10 Å². The molecule has 0 aromatic carbocycles. The highest BCUT2D eigenvalue weighted by molar-refractivity contribution is 5.98. The first kappa shape index (κ1) is 15.1. The molecule has 0 aliphatic heterocycles. The zero-order chi connectivity index (χ0) is 15.8. The number of Topliss-reactive ketones (excluding diaryl/α,β-unsaturated/α-hetero) is 1. The molecule has 0 radical (unpaired) electrons. The summed E-state index contributed by atoms with van der Waals surface area (Å²) in [5, 5.41) is 10.3.